The molecule has 3 aromatic rings. The molecule has 0 unspecified atom stereocenters. The van der Waals surface area contributed by atoms with Crippen molar-refractivity contribution >= 4 is 34.4 Å². The van der Waals surface area contributed by atoms with Crippen molar-refractivity contribution in [2.24, 2.45) is 11.3 Å². The topological polar surface area (TPSA) is 75.7 Å². The van der Waals surface area contributed by atoms with Crippen molar-refractivity contribution < 1.29 is 19.1 Å². The first-order chi connectivity index (χ1) is 18.6. The Hall–Kier alpha value is -4.19. The van der Waals surface area contributed by atoms with Gasteiger partial charge in [-0.1, -0.05) is 75.4 Å². The lowest BCUT2D eigenvalue weighted by molar-refractivity contribution is -0.128. The van der Waals surface area contributed by atoms with E-state index < -0.39 is 28.8 Å². The van der Waals surface area contributed by atoms with Gasteiger partial charge in [0.05, 0.1) is 19.1 Å². The highest BCUT2D eigenvalue weighted by Crippen LogP contribution is 2.59. The van der Waals surface area contributed by atoms with Crippen LogP contribution in [0.4, 0.5) is 11.4 Å². The fourth-order valence-corrected chi connectivity index (χ4v) is 6.79. The first kappa shape index (κ1) is 25.1. The molecule has 1 spiro atoms. The zero-order valence-corrected chi connectivity index (χ0v) is 22.8. The number of allylic oxidation sites excluding steroid dienone is 1. The summed E-state index contributed by atoms with van der Waals surface area (Å²) in [5, 5.41) is 3.08. The van der Waals surface area contributed by atoms with Crippen LogP contribution in [-0.2, 0) is 15.0 Å². The van der Waals surface area contributed by atoms with Crippen LogP contribution in [0.15, 0.2) is 78.9 Å². The molecule has 6 heteroatoms. The Morgan fingerprint density at radius 1 is 0.974 bits per heavy atom. The van der Waals surface area contributed by atoms with Crippen LogP contribution in [-0.4, -0.2) is 36.7 Å². The molecule has 1 saturated heterocycles. The fraction of sp³-hybridized carbons (Fsp3) is 0.303. The molecule has 1 fully saturated rings. The molecule has 3 heterocycles. The van der Waals surface area contributed by atoms with E-state index in [0.717, 1.165) is 22.4 Å². The van der Waals surface area contributed by atoms with Crippen molar-refractivity contribution in [3.8, 4) is 5.75 Å². The first-order valence-electron chi connectivity index (χ1n) is 13.3. The number of ketones is 2. The van der Waals surface area contributed by atoms with E-state index in [1.807, 2.05) is 76.2 Å². The summed E-state index contributed by atoms with van der Waals surface area (Å²) in [5.41, 5.74) is 2.65. The summed E-state index contributed by atoms with van der Waals surface area (Å²) < 4.78 is 5.43. The number of nitrogens with zero attached hydrogens (tertiary/aromatic N) is 1. The summed E-state index contributed by atoms with van der Waals surface area (Å²) in [4.78, 5) is 45.7. The Balaban J connectivity index is 1.70. The minimum Gasteiger partial charge on any atom is -0.497 e. The molecule has 6 rings (SSSR count). The van der Waals surface area contributed by atoms with Gasteiger partial charge in [0.2, 0.25) is 5.91 Å². The molecule has 1 N–H and O–H groups in total. The van der Waals surface area contributed by atoms with Gasteiger partial charge in [0.15, 0.2) is 11.6 Å². The maximum absolute atomic E-state index is 14.8. The average Bonchev–Trinajstić information content (AvgIpc) is 3.40. The number of Topliss-reactive ketones (excluding diaryl/α,β-unsaturated/α-hetero) is 2. The van der Waals surface area contributed by atoms with Crippen molar-refractivity contribution in [3.63, 3.8) is 0 Å². The molecular formula is C33H32N2O4. The molecule has 39 heavy (non-hydrogen) atoms. The van der Waals surface area contributed by atoms with Gasteiger partial charge in [-0.15, -0.1) is 0 Å². The third-order valence-corrected chi connectivity index (χ3v) is 8.53. The van der Waals surface area contributed by atoms with Gasteiger partial charge in [-0.25, -0.2) is 0 Å². The van der Waals surface area contributed by atoms with Crippen LogP contribution < -0.4 is 15.0 Å². The number of carbonyl (C=O) groups excluding carboxylic acids is 3. The van der Waals surface area contributed by atoms with Crippen molar-refractivity contribution in [2.45, 2.75) is 45.2 Å². The van der Waals surface area contributed by atoms with E-state index in [0.29, 0.717) is 17.0 Å². The van der Waals surface area contributed by atoms with E-state index in [2.05, 4.69) is 16.3 Å². The summed E-state index contributed by atoms with van der Waals surface area (Å²) in [5.74, 6) is -1.01. The highest BCUT2D eigenvalue weighted by molar-refractivity contribution is 6.17. The predicted octanol–water partition coefficient (Wildman–Crippen LogP) is 5.67. The summed E-state index contributed by atoms with van der Waals surface area (Å²) in [6, 6.07) is 21.1. The molecule has 0 aromatic heterocycles. The monoisotopic (exact) mass is 520 g/mol. The zero-order valence-electron chi connectivity index (χ0n) is 22.8. The number of methoxy groups -OCH3 is 1. The number of benzene rings is 3. The Bertz CT molecular complexity index is 1570. The second kappa shape index (κ2) is 8.67. The molecule has 0 bridgehead atoms. The number of fused-ring (bicyclic) bond motifs is 6. The van der Waals surface area contributed by atoms with E-state index in [-0.39, 0.29) is 17.5 Å². The standard InChI is InChI=1S/C33H32N2O4/c1-19-17-26-33(23-14-7-8-15-24(23)34-31(33)38)27(29(36)20-11-10-12-21(18-20)39-5)28(30(37)32(2,3)4)35(26)25-16-9-6-13-22(19)25/h6-18,26-28H,1-5H3,(H,34,38)/t26-,27-,28+,33+/m0/s1. The molecule has 3 aromatic carbocycles. The second-order valence-corrected chi connectivity index (χ2v) is 11.7. The van der Waals surface area contributed by atoms with Gasteiger partial charge < -0.3 is 15.0 Å². The number of hydrogen-bond acceptors (Lipinski definition) is 5. The second-order valence-electron chi connectivity index (χ2n) is 11.7. The predicted molar refractivity (Wildman–Crippen MR) is 152 cm³/mol. The Morgan fingerprint density at radius 3 is 2.44 bits per heavy atom. The maximum Gasteiger partial charge on any atom is 0.238 e. The summed E-state index contributed by atoms with van der Waals surface area (Å²) in [6.07, 6.45) is 2.08. The zero-order chi connectivity index (χ0) is 27.7. The lowest BCUT2D eigenvalue weighted by Gasteiger charge is -2.39. The maximum atomic E-state index is 14.8. The molecule has 3 aliphatic rings. The van der Waals surface area contributed by atoms with Crippen LogP contribution in [0.5, 0.6) is 5.75 Å². The van der Waals surface area contributed by atoms with E-state index >= 15 is 0 Å². The molecule has 198 valence electrons. The van der Waals surface area contributed by atoms with Crippen LogP contribution in [0.25, 0.3) is 5.57 Å². The van der Waals surface area contributed by atoms with Crippen LogP contribution in [0.3, 0.4) is 0 Å². The number of amides is 1. The largest absolute Gasteiger partial charge is 0.497 e. The van der Waals surface area contributed by atoms with Crippen LogP contribution in [0, 0.1) is 11.3 Å². The van der Waals surface area contributed by atoms with Crippen molar-refractivity contribution in [1.82, 2.24) is 0 Å². The van der Waals surface area contributed by atoms with E-state index in [1.54, 1.807) is 31.4 Å². The first-order valence-corrected chi connectivity index (χ1v) is 13.3. The Kier molecular flexibility index (Phi) is 5.58. The van der Waals surface area contributed by atoms with E-state index in [9.17, 15) is 14.4 Å². The number of anilines is 2. The lowest BCUT2D eigenvalue weighted by atomic mass is 9.63. The molecular weight excluding hydrogens is 488 g/mol. The normalized spacial score (nSPS) is 24.9. The minimum atomic E-state index is -1.31. The van der Waals surface area contributed by atoms with Gasteiger partial charge in [-0.3, -0.25) is 14.4 Å². The average molecular weight is 521 g/mol. The summed E-state index contributed by atoms with van der Waals surface area (Å²) in [6.45, 7) is 7.66. The minimum absolute atomic E-state index is 0.0782. The molecule has 0 aliphatic carbocycles. The van der Waals surface area contributed by atoms with Crippen molar-refractivity contribution in [1.29, 1.82) is 0 Å². The molecule has 0 saturated carbocycles. The smallest absolute Gasteiger partial charge is 0.238 e. The molecule has 0 radical (unpaired) electrons. The fourth-order valence-electron chi connectivity index (χ4n) is 6.79. The Morgan fingerprint density at radius 2 is 1.69 bits per heavy atom. The molecule has 6 nitrogen and oxygen atoms in total. The van der Waals surface area contributed by atoms with Gasteiger partial charge >= 0.3 is 0 Å². The van der Waals surface area contributed by atoms with Crippen molar-refractivity contribution in [3.05, 3.63) is 95.6 Å². The van der Waals surface area contributed by atoms with E-state index in [4.69, 9.17) is 4.74 Å². The number of ether oxygens (including phenoxy) is 1. The third-order valence-electron chi connectivity index (χ3n) is 8.53. The SMILES string of the molecule is COc1cccc(C(=O)[C@@H]2[C@H](C(=O)C(C)(C)C)N3c4ccccc4C(C)=C[C@H]3[C@@]23C(=O)Nc2ccccc23)c1. The summed E-state index contributed by atoms with van der Waals surface area (Å²) in [7, 11) is 1.55. The summed E-state index contributed by atoms with van der Waals surface area (Å²) >= 11 is 0. The van der Waals surface area contributed by atoms with Crippen LogP contribution in [0.2, 0.25) is 0 Å². The highest BCUT2D eigenvalue weighted by atomic mass is 16.5. The van der Waals surface area contributed by atoms with Gasteiger partial charge in [0.1, 0.15) is 17.2 Å². The van der Waals surface area contributed by atoms with Crippen LogP contribution in [0.1, 0.15) is 49.2 Å². The quantitative estimate of drug-likeness (QED) is 0.449. The molecule has 4 atom stereocenters. The van der Waals surface area contributed by atoms with E-state index in [1.165, 1.54) is 0 Å². The number of rotatable bonds is 4. The van der Waals surface area contributed by atoms with Gasteiger partial charge in [-0.2, -0.15) is 0 Å². The molecule has 1 amide bonds. The third kappa shape index (κ3) is 3.43. The number of hydrogen-bond donors (Lipinski definition) is 1. The van der Waals surface area contributed by atoms with Gasteiger partial charge in [0.25, 0.3) is 0 Å². The van der Waals surface area contributed by atoms with Crippen molar-refractivity contribution in [2.75, 3.05) is 17.3 Å². The van der Waals surface area contributed by atoms with Gasteiger partial charge in [0, 0.05) is 27.9 Å². The number of para-hydroxylation sites is 2. The number of nitrogens with one attached hydrogen (secondary N) is 1. The highest BCUT2D eigenvalue weighted by Gasteiger charge is 2.71. The Labute approximate surface area is 228 Å². The molecule has 3 aliphatic heterocycles. The van der Waals surface area contributed by atoms with Crippen LogP contribution >= 0.6 is 0 Å². The lowest BCUT2D eigenvalue weighted by Crippen LogP contribution is -2.51. The number of carbonyl (C=O) groups is 3. The van der Waals surface area contributed by atoms with Gasteiger partial charge in [-0.05, 0) is 42.3 Å².